The first-order valence-electron chi connectivity index (χ1n) is 6.80. The first-order chi connectivity index (χ1) is 10.2. The van der Waals surface area contributed by atoms with Gasteiger partial charge >= 0.3 is 0 Å². The van der Waals surface area contributed by atoms with E-state index in [0.717, 1.165) is 29.2 Å². The fourth-order valence-electron chi connectivity index (χ4n) is 2.16. The molecule has 1 aliphatic rings. The van der Waals surface area contributed by atoms with E-state index < -0.39 is 0 Å². The normalized spacial score (nSPS) is 13.6. The predicted molar refractivity (Wildman–Crippen MR) is 85.8 cm³/mol. The molecule has 2 aromatic rings. The molecule has 3 rings (SSSR count). The Hall–Kier alpha value is -1.58. The van der Waals surface area contributed by atoms with E-state index in [1.165, 1.54) is 0 Å². The molecule has 1 heterocycles. The molecule has 0 spiro atoms. The Morgan fingerprint density at radius 2 is 1.67 bits per heavy atom. The second-order valence-corrected chi connectivity index (χ2v) is 5.58. The van der Waals surface area contributed by atoms with Gasteiger partial charge < -0.3 is 14.8 Å². The lowest BCUT2D eigenvalue weighted by Crippen LogP contribution is -2.01. The zero-order valence-electron chi connectivity index (χ0n) is 11.4. The van der Waals surface area contributed by atoms with Crippen LogP contribution in [0.15, 0.2) is 36.4 Å². The van der Waals surface area contributed by atoms with Crippen molar-refractivity contribution in [3.05, 3.63) is 52.0 Å². The predicted octanol–water partition coefficient (Wildman–Crippen LogP) is 4.77. The molecular weight excluding hydrogens is 309 g/mol. The Balaban J connectivity index is 1.75. The molecule has 0 saturated carbocycles. The Labute approximate surface area is 133 Å². The Kier molecular flexibility index (Phi) is 4.42. The van der Waals surface area contributed by atoms with Crippen LogP contribution in [0.2, 0.25) is 10.0 Å². The number of anilines is 1. The van der Waals surface area contributed by atoms with Crippen molar-refractivity contribution in [2.75, 3.05) is 18.5 Å². The molecule has 5 heteroatoms. The molecule has 1 N–H and O–H groups in total. The minimum Gasteiger partial charge on any atom is -0.490 e. The van der Waals surface area contributed by atoms with Gasteiger partial charge in [-0.05, 0) is 24.3 Å². The summed E-state index contributed by atoms with van der Waals surface area (Å²) >= 11 is 12.3. The van der Waals surface area contributed by atoms with E-state index in [1.807, 2.05) is 36.4 Å². The highest BCUT2D eigenvalue weighted by molar-refractivity contribution is 6.36. The average Bonchev–Trinajstić information content (AvgIpc) is 2.71. The highest BCUT2D eigenvalue weighted by Crippen LogP contribution is 2.33. The quantitative estimate of drug-likeness (QED) is 0.882. The van der Waals surface area contributed by atoms with Crippen molar-refractivity contribution in [3.63, 3.8) is 0 Å². The summed E-state index contributed by atoms with van der Waals surface area (Å²) in [6, 6.07) is 11.3. The average molecular weight is 324 g/mol. The van der Waals surface area contributed by atoms with Gasteiger partial charge in [-0.2, -0.15) is 0 Å². The molecule has 21 heavy (non-hydrogen) atoms. The molecule has 2 aromatic carbocycles. The molecule has 0 unspecified atom stereocenters. The van der Waals surface area contributed by atoms with Gasteiger partial charge in [0.25, 0.3) is 0 Å². The van der Waals surface area contributed by atoms with Crippen LogP contribution in [0.25, 0.3) is 0 Å². The number of hydrogen-bond donors (Lipinski definition) is 1. The molecule has 110 valence electrons. The largest absolute Gasteiger partial charge is 0.490 e. The highest BCUT2D eigenvalue weighted by atomic mass is 35.5. The summed E-state index contributed by atoms with van der Waals surface area (Å²) in [7, 11) is 0. The topological polar surface area (TPSA) is 30.5 Å². The molecule has 0 amide bonds. The minimum atomic E-state index is 0.554. The van der Waals surface area contributed by atoms with Gasteiger partial charge in [0.2, 0.25) is 0 Å². The summed E-state index contributed by atoms with van der Waals surface area (Å²) in [5, 5.41) is 4.62. The number of halogens is 2. The van der Waals surface area contributed by atoms with Crippen LogP contribution in [0, 0.1) is 0 Å². The van der Waals surface area contributed by atoms with E-state index in [4.69, 9.17) is 32.7 Å². The van der Waals surface area contributed by atoms with Gasteiger partial charge in [0, 0.05) is 40.3 Å². The lowest BCUT2D eigenvalue weighted by molar-refractivity contribution is 0.297. The summed E-state index contributed by atoms with van der Waals surface area (Å²) in [6.07, 6.45) is 0.896. The summed E-state index contributed by atoms with van der Waals surface area (Å²) < 4.78 is 11.3. The van der Waals surface area contributed by atoms with Gasteiger partial charge in [0.05, 0.1) is 13.2 Å². The zero-order valence-corrected chi connectivity index (χ0v) is 12.9. The van der Waals surface area contributed by atoms with Crippen molar-refractivity contribution in [1.29, 1.82) is 0 Å². The fraction of sp³-hybridized carbons (Fsp3) is 0.250. The van der Waals surface area contributed by atoms with Gasteiger partial charge in [0.1, 0.15) is 0 Å². The van der Waals surface area contributed by atoms with Crippen LogP contribution in [0.5, 0.6) is 11.5 Å². The maximum absolute atomic E-state index is 6.16. The van der Waals surface area contributed by atoms with Crippen LogP contribution in [0.4, 0.5) is 5.69 Å². The Bertz CT molecular complexity index is 626. The summed E-state index contributed by atoms with van der Waals surface area (Å²) in [6.45, 7) is 1.92. The lowest BCUT2D eigenvalue weighted by Gasteiger charge is -2.12. The van der Waals surface area contributed by atoms with Crippen molar-refractivity contribution in [2.24, 2.45) is 0 Å². The molecule has 0 atom stereocenters. The molecule has 0 aromatic heterocycles. The number of fused-ring (bicyclic) bond motifs is 1. The minimum absolute atomic E-state index is 0.554. The van der Waals surface area contributed by atoms with Crippen molar-refractivity contribution in [3.8, 4) is 11.5 Å². The van der Waals surface area contributed by atoms with Crippen molar-refractivity contribution in [2.45, 2.75) is 13.0 Å². The second kappa shape index (κ2) is 6.46. The van der Waals surface area contributed by atoms with Crippen molar-refractivity contribution >= 4 is 28.9 Å². The molecule has 0 radical (unpaired) electrons. The summed E-state index contributed by atoms with van der Waals surface area (Å²) in [5.41, 5.74) is 1.82. The molecule has 3 nitrogen and oxygen atoms in total. The first-order valence-corrected chi connectivity index (χ1v) is 7.56. The lowest BCUT2D eigenvalue weighted by atomic mass is 10.2. The summed E-state index contributed by atoms with van der Waals surface area (Å²) in [5.74, 6) is 1.55. The second-order valence-electron chi connectivity index (χ2n) is 4.77. The van der Waals surface area contributed by atoms with E-state index in [2.05, 4.69) is 5.32 Å². The van der Waals surface area contributed by atoms with Crippen LogP contribution < -0.4 is 14.8 Å². The fourth-order valence-corrected chi connectivity index (χ4v) is 2.70. The Morgan fingerprint density at radius 1 is 0.952 bits per heavy atom. The van der Waals surface area contributed by atoms with Gasteiger partial charge in [-0.25, -0.2) is 0 Å². The SMILES string of the molecule is Clc1cccc(Cl)c1CNc1ccc2c(c1)OCCCO2. The van der Waals surface area contributed by atoms with E-state index in [1.54, 1.807) is 0 Å². The number of benzene rings is 2. The molecule has 0 fully saturated rings. The molecule has 0 saturated heterocycles. The number of nitrogens with one attached hydrogen (secondary N) is 1. The van der Waals surface area contributed by atoms with Crippen LogP contribution in [0.3, 0.4) is 0 Å². The number of ether oxygens (including phenoxy) is 2. The van der Waals surface area contributed by atoms with Gasteiger partial charge in [0.15, 0.2) is 11.5 Å². The van der Waals surface area contributed by atoms with Crippen LogP contribution >= 0.6 is 23.2 Å². The molecule has 1 aliphatic heterocycles. The molecular formula is C16H15Cl2NO2. The van der Waals surface area contributed by atoms with Gasteiger partial charge in [-0.3, -0.25) is 0 Å². The molecule has 0 bridgehead atoms. The first kappa shape index (κ1) is 14.4. The van der Waals surface area contributed by atoms with E-state index in [9.17, 15) is 0 Å². The zero-order chi connectivity index (χ0) is 14.7. The van der Waals surface area contributed by atoms with Crippen LogP contribution in [-0.4, -0.2) is 13.2 Å². The maximum atomic E-state index is 6.16. The summed E-state index contributed by atoms with van der Waals surface area (Å²) in [4.78, 5) is 0. The third kappa shape index (κ3) is 3.36. The highest BCUT2D eigenvalue weighted by Gasteiger charge is 2.11. The number of rotatable bonds is 3. The molecule has 0 aliphatic carbocycles. The smallest absolute Gasteiger partial charge is 0.163 e. The van der Waals surface area contributed by atoms with Crippen molar-refractivity contribution < 1.29 is 9.47 Å². The monoisotopic (exact) mass is 323 g/mol. The maximum Gasteiger partial charge on any atom is 0.163 e. The number of hydrogen-bond acceptors (Lipinski definition) is 3. The van der Waals surface area contributed by atoms with E-state index >= 15 is 0 Å². The van der Waals surface area contributed by atoms with Crippen LogP contribution in [-0.2, 0) is 6.54 Å². The third-order valence-corrected chi connectivity index (χ3v) is 3.99. The van der Waals surface area contributed by atoms with Gasteiger partial charge in [-0.1, -0.05) is 29.3 Å². The standard InChI is InChI=1S/C16H15Cl2NO2/c17-13-3-1-4-14(18)12(13)10-19-11-5-6-15-16(9-11)21-8-2-7-20-15/h1,3-6,9,19H,2,7-8,10H2. The third-order valence-electron chi connectivity index (χ3n) is 3.28. The van der Waals surface area contributed by atoms with Gasteiger partial charge in [-0.15, -0.1) is 0 Å². The Morgan fingerprint density at radius 3 is 2.43 bits per heavy atom. The van der Waals surface area contributed by atoms with Crippen LogP contribution in [0.1, 0.15) is 12.0 Å². The van der Waals surface area contributed by atoms with E-state index in [0.29, 0.717) is 29.8 Å². The van der Waals surface area contributed by atoms with Crippen molar-refractivity contribution in [1.82, 2.24) is 0 Å². The van der Waals surface area contributed by atoms with E-state index in [-0.39, 0.29) is 0 Å².